The SMILES string of the molecule is CNC(CSc1nncs1)(C(N)=O)c1ccccc1. The Morgan fingerprint density at radius 3 is 2.74 bits per heavy atom. The molecule has 0 aliphatic rings. The molecule has 19 heavy (non-hydrogen) atoms. The standard InChI is InChI=1S/C12H14N4OS2/c1-14-12(10(13)17,9-5-3-2-4-6-9)7-18-11-16-15-8-19-11/h2-6,8,14H,7H2,1H3,(H2,13,17). The van der Waals surface area contributed by atoms with Gasteiger partial charge < -0.3 is 11.1 Å². The second-order valence-corrected chi connectivity index (χ2v) is 5.93. The average Bonchev–Trinajstić information content (AvgIpc) is 2.94. The summed E-state index contributed by atoms with van der Waals surface area (Å²) in [6.07, 6.45) is 0. The lowest BCUT2D eigenvalue weighted by molar-refractivity contribution is -0.123. The molecular formula is C12H14N4OS2. The smallest absolute Gasteiger partial charge is 0.243 e. The number of likely N-dealkylation sites (N-methyl/N-ethyl adjacent to an activating group) is 1. The van der Waals surface area contributed by atoms with Crippen molar-refractivity contribution >= 4 is 29.0 Å². The number of nitrogens with one attached hydrogen (secondary N) is 1. The van der Waals surface area contributed by atoms with Crippen LogP contribution in [0.3, 0.4) is 0 Å². The lowest BCUT2D eigenvalue weighted by atomic mass is 9.91. The predicted octanol–water partition coefficient (Wildman–Crippen LogP) is 1.23. The van der Waals surface area contributed by atoms with Gasteiger partial charge in [-0.3, -0.25) is 4.79 Å². The maximum absolute atomic E-state index is 11.9. The maximum atomic E-state index is 11.9. The molecule has 1 atom stereocenters. The molecule has 0 saturated carbocycles. The second kappa shape index (κ2) is 6.14. The van der Waals surface area contributed by atoms with Crippen LogP contribution >= 0.6 is 23.1 Å². The third kappa shape index (κ3) is 2.94. The molecule has 1 aromatic carbocycles. The topological polar surface area (TPSA) is 80.9 Å². The van der Waals surface area contributed by atoms with Crippen molar-refractivity contribution in [1.82, 2.24) is 15.5 Å². The third-order valence-electron chi connectivity index (χ3n) is 2.87. The summed E-state index contributed by atoms with van der Waals surface area (Å²) < 4.78 is 0.816. The van der Waals surface area contributed by atoms with Gasteiger partial charge in [-0.25, -0.2) is 0 Å². The Bertz CT molecular complexity index is 532. The molecule has 100 valence electrons. The number of benzene rings is 1. The average molecular weight is 294 g/mol. The molecule has 1 amide bonds. The number of carbonyl (C=O) groups is 1. The zero-order chi connectivity index (χ0) is 13.7. The first-order valence-electron chi connectivity index (χ1n) is 5.62. The number of nitrogens with two attached hydrogens (primary N) is 1. The molecule has 0 fully saturated rings. The summed E-state index contributed by atoms with van der Waals surface area (Å²) in [4.78, 5) is 11.9. The van der Waals surface area contributed by atoms with E-state index in [1.165, 1.54) is 23.1 Å². The van der Waals surface area contributed by atoms with Gasteiger partial charge in [-0.1, -0.05) is 53.4 Å². The van der Waals surface area contributed by atoms with Crippen LogP contribution in [0.2, 0.25) is 0 Å². The minimum Gasteiger partial charge on any atom is -0.368 e. The summed E-state index contributed by atoms with van der Waals surface area (Å²) in [7, 11) is 1.73. The normalized spacial score (nSPS) is 13.9. The zero-order valence-corrected chi connectivity index (χ0v) is 12.0. The van der Waals surface area contributed by atoms with Crippen LogP contribution in [-0.4, -0.2) is 28.9 Å². The van der Waals surface area contributed by atoms with Crippen LogP contribution in [0.15, 0.2) is 40.2 Å². The first kappa shape index (κ1) is 14.0. The Morgan fingerprint density at radius 1 is 1.47 bits per heavy atom. The molecule has 3 N–H and O–H groups in total. The number of rotatable bonds is 6. The van der Waals surface area contributed by atoms with Gasteiger partial charge in [-0.15, -0.1) is 10.2 Å². The highest BCUT2D eigenvalue weighted by molar-refractivity contribution is 8.01. The molecule has 2 rings (SSSR count). The summed E-state index contributed by atoms with van der Waals surface area (Å²) in [5.41, 5.74) is 7.21. The van der Waals surface area contributed by atoms with Gasteiger partial charge in [0.1, 0.15) is 11.0 Å². The highest BCUT2D eigenvalue weighted by atomic mass is 32.2. The van der Waals surface area contributed by atoms with Crippen molar-refractivity contribution in [2.75, 3.05) is 12.8 Å². The molecule has 0 aliphatic heterocycles. The fourth-order valence-corrected chi connectivity index (χ4v) is 3.51. The fourth-order valence-electron chi connectivity index (χ4n) is 1.75. The number of hydrogen-bond acceptors (Lipinski definition) is 6. The van der Waals surface area contributed by atoms with Crippen molar-refractivity contribution in [1.29, 1.82) is 0 Å². The number of aromatic nitrogens is 2. The van der Waals surface area contributed by atoms with Gasteiger partial charge >= 0.3 is 0 Å². The molecular weight excluding hydrogens is 280 g/mol. The van der Waals surface area contributed by atoms with Gasteiger partial charge in [-0.05, 0) is 12.6 Å². The van der Waals surface area contributed by atoms with Crippen LogP contribution < -0.4 is 11.1 Å². The molecule has 1 unspecified atom stereocenters. The number of primary amides is 1. The van der Waals surface area contributed by atoms with Crippen molar-refractivity contribution in [3.05, 3.63) is 41.4 Å². The summed E-state index contributed by atoms with van der Waals surface area (Å²) in [5, 5.41) is 10.8. The maximum Gasteiger partial charge on any atom is 0.243 e. The molecule has 7 heteroatoms. The molecule has 0 spiro atoms. The Balaban J connectivity index is 2.27. The van der Waals surface area contributed by atoms with Crippen molar-refractivity contribution in [2.45, 2.75) is 9.88 Å². The Kier molecular flexibility index (Phi) is 4.52. The Labute approximate surface area is 119 Å². The summed E-state index contributed by atoms with van der Waals surface area (Å²) in [6.45, 7) is 0. The molecule has 5 nitrogen and oxygen atoms in total. The van der Waals surface area contributed by atoms with Gasteiger partial charge in [-0.2, -0.15) is 0 Å². The van der Waals surface area contributed by atoms with Crippen molar-refractivity contribution in [3.8, 4) is 0 Å². The first-order chi connectivity index (χ1) is 9.19. The van der Waals surface area contributed by atoms with Gasteiger partial charge in [0, 0.05) is 5.75 Å². The number of thioether (sulfide) groups is 1. The van der Waals surface area contributed by atoms with Crippen LogP contribution in [0, 0.1) is 0 Å². The number of hydrogen-bond donors (Lipinski definition) is 2. The van der Waals surface area contributed by atoms with E-state index in [1.54, 1.807) is 12.6 Å². The predicted molar refractivity (Wildman–Crippen MR) is 77.0 cm³/mol. The lowest BCUT2D eigenvalue weighted by Gasteiger charge is -2.30. The number of nitrogens with zero attached hydrogens (tertiary/aromatic N) is 2. The van der Waals surface area contributed by atoms with Gasteiger partial charge in [0.2, 0.25) is 5.91 Å². The van der Waals surface area contributed by atoms with E-state index in [2.05, 4.69) is 15.5 Å². The second-order valence-electron chi connectivity index (χ2n) is 3.88. The van der Waals surface area contributed by atoms with E-state index >= 15 is 0 Å². The molecule has 0 bridgehead atoms. The molecule has 0 saturated heterocycles. The van der Waals surface area contributed by atoms with Gasteiger partial charge in [0.25, 0.3) is 0 Å². The lowest BCUT2D eigenvalue weighted by Crippen LogP contribution is -2.53. The molecule has 2 aromatic rings. The minimum atomic E-state index is -0.905. The summed E-state index contributed by atoms with van der Waals surface area (Å²) in [5.74, 6) is 0.0658. The van der Waals surface area contributed by atoms with Crippen LogP contribution in [0.5, 0.6) is 0 Å². The summed E-state index contributed by atoms with van der Waals surface area (Å²) in [6, 6.07) is 9.46. The van der Waals surface area contributed by atoms with Crippen LogP contribution in [-0.2, 0) is 10.3 Å². The third-order valence-corrected chi connectivity index (χ3v) is 4.90. The monoisotopic (exact) mass is 294 g/mol. The summed E-state index contributed by atoms with van der Waals surface area (Å²) >= 11 is 2.91. The molecule has 0 aliphatic carbocycles. The number of carbonyl (C=O) groups excluding carboxylic acids is 1. The van der Waals surface area contributed by atoms with Gasteiger partial charge in [0.15, 0.2) is 4.34 Å². The Hall–Kier alpha value is -1.44. The fraction of sp³-hybridized carbons (Fsp3) is 0.250. The quantitative estimate of drug-likeness (QED) is 0.783. The van der Waals surface area contributed by atoms with Crippen molar-refractivity contribution in [2.24, 2.45) is 5.73 Å². The van der Waals surface area contributed by atoms with E-state index in [0.29, 0.717) is 5.75 Å². The van der Waals surface area contributed by atoms with E-state index < -0.39 is 11.4 Å². The van der Waals surface area contributed by atoms with E-state index in [1.807, 2.05) is 30.3 Å². The Morgan fingerprint density at radius 2 is 2.21 bits per heavy atom. The number of amides is 1. The van der Waals surface area contributed by atoms with Crippen molar-refractivity contribution in [3.63, 3.8) is 0 Å². The van der Waals surface area contributed by atoms with E-state index in [9.17, 15) is 4.79 Å². The highest BCUT2D eigenvalue weighted by Gasteiger charge is 2.37. The minimum absolute atomic E-state index is 0.404. The van der Waals surface area contributed by atoms with E-state index in [-0.39, 0.29) is 0 Å². The van der Waals surface area contributed by atoms with E-state index in [0.717, 1.165) is 9.90 Å². The van der Waals surface area contributed by atoms with Crippen LogP contribution in [0.25, 0.3) is 0 Å². The zero-order valence-electron chi connectivity index (χ0n) is 10.4. The van der Waals surface area contributed by atoms with Gasteiger partial charge in [0.05, 0.1) is 0 Å². The van der Waals surface area contributed by atoms with E-state index in [4.69, 9.17) is 5.73 Å². The van der Waals surface area contributed by atoms with Crippen LogP contribution in [0.1, 0.15) is 5.56 Å². The largest absolute Gasteiger partial charge is 0.368 e. The molecule has 1 aromatic heterocycles. The van der Waals surface area contributed by atoms with Crippen LogP contribution in [0.4, 0.5) is 0 Å². The first-order valence-corrected chi connectivity index (χ1v) is 7.49. The highest BCUT2D eigenvalue weighted by Crippen LogP contribution is 2.30. The molecule has 1 heterocycles. The molecule has 0 radical (unpaired) electrons. The van der Waals surface area contributed by atoms with Crippen molar-refractivity contribution < 1.29 is 4.79 Å².